The molecule has 0 spiro atoms. The lowest BCUT2D eigenvalue weighted by atomic mass is 9.99. The van der Waals surface area contributed by atoms with Gasteiger partial charge in [0.15, 0.2) is 0 Å². The van der Waals surface area contributed by atoms with Crippen LogP contribution in [0, 0.1) is 0 Å². The van der Waals surface area contributed by atoms with Gasteiger partial charge in [0.1, 0.15) is 5.71 Å². The summed E-state index contributed by atoms with van der Waals surface area (Å²) in [5.41, 5.74) is 14.3. The predicted molar refractivity (Wildman–Crippen MR) is 93.5 cm³/mol. The van der Waals surface area contributed by atoms with Crippen LogP contribution in [-0.4, -0.2) is 16.7 Å². The van der Waals surface area contributed by atoms with Gasteiger partial charge in [0.05, 0.1) is 5.69 Å². The molecule has 0 aliphatic rings. The molecule has 0 radical (unpaired) electrons. The second-order valence-corrected chi connectivity index (χ2v) is 4.97. The van der Waals surface area contributed by atoms with E-state index in [9.17, 15) is 0 Å². The van der Waals surface area contributed by atoms with Crippen LogP contribution in [0.15, 0.2) is 58.9 Å². The summed E-state index contributed by atoms with van der Waals surface area (Å²) >= 11 is 0. The monoisotopic (exact) mass is 317 g/mol. The number of pyridine rings is 1. The summed E-state index contributed by atoms with van der Waals surface area (Å²) in [5.74, 6) is 0.397. The summed E-state index contributed by atoms with van der Waals surface area (Å²) in [6.45, 7) is 4.31. The molecule has 2 aromatic rings. The molecule has 0 bridgehead atoms. The largest absolute Gasteiger partial charge is 0.369 e. The van der Waals surface area contributed by atoms with E-state index in [0.717, 1.165) is 11.3 Å². The smallest absolute Gasteiger partial charge is 0.211 e. The number of hydrogen-bond donors (Lipinski definition) is 2. The molecule has 0 atom stereocenters. The van der Waals surface area contributed by atoms with E-state index in [4.69, 9.17) is 11.5 Å². The van der Waals surface area contributed by atoms with Gasteiger partial charge in [-0.05, 0) is 23.6 Å². The van der Waals surface area contributed by atoms with Gasteiger partial charge >= 0.3 is 0 Å². The molecule has 1 aromatic carbocycles. The third-order valence-corrected chi connectivity index (χ3v) is 3.02. The van der Waals surface area contributed by atoms with Crippen molar-refractivity contribution in [2.24, 2.45) is 21.7 Å². The maximum Gasteiger partial charge on any atom is 0.211 e. The topological polar surface area (TPSA) is 89.6 Å². The first-order valence-electron chi connectivity index (χ1n) is 6.76. The normalized spacial score (nSPS) is 11.0. The van der Waals surface area contributed by atoms with Gasteiger partial charge < -0.3 is 11.5 Å². The minimum absolute atomic E-state index is 0. The Balaban J connectivity index is 0.00000242. The molecule has 0 amide bonds. The van der Waals surface area contributed by atoms with E-state index in [-0.39, 0.29) is 18.4 Å². The number of nitrogens with two attached hydrogens (primary N) is 2. The van der Waals surface area contributed by atoms with Crippen molar-refractivity contribution < 1.29 is 0 Å². The zero-order valence-electron chi connectivity index (χ0n) is 12.6. The number of rotatable bonds is 4. The van der Waals surface area contributed by atoms with Crippen molar-refractivity contribution in [3.63, 3.8) is 0 Å². The maximum absolute atomic E-state index is 5.36. The van der Waals surface area contributed by atoms with Gasteiger partial charge in [-0.3, -0.25) is 4.98 Å². The lowest BCUT2D eigenvalue weighted by Crippen LogP contribution is -2.22. The van der Waals surface area contributed by atoms with E-state index < -0.39 is 0 Å². The van der Waals surface area contributed by atoms with Crippen LogP contribution in [-0.2, 0) is 0 Å². The van der Waals surface area contributed by atoms with Crippen LogP contribution in [0.5, 0.6) is 0 Å². The van der Waals surface area contributed by atoms with Crippen LogP contribution in [0.4, 0.5) is 0 Å². The van der Waals surface area contributed by atoms with Gasteiger partial charge in [-0.15, -0.1) is 22.6 Å². The molecule has 2 rings (SSSR count). The van der Waals surface area contributed by atoms with E-state index in [1.807, 2.05) is 30.3 Å². The van der Waals surface area contributed by atoms with E-state index in [1.54, 1.807) is 6.20 Å². The Labute approximate surface area is 136 Å². The third kappa shape index (κ3) is 4.56. The highest BCUT2D eigenvalue weighted by Crippen LogP contribution is 2.17. The second kappa shape index (κ2) is 8.14. The molecule has 5 nitrogen and oxygen atoms in total. The SMILES string of the molecule is CC(C)c1ccc(/C(=N/N=C(N)N)c2ccccn2)cc1.Cl. The van der Waals surface area contributed by atoms with Gasteiger partial charge in [-0.1, -0.05) is 44.2 Å². The molecule has 0 saturated heterocycles. The van der Waals surface area contributed by atoms with E-state index in [2.05, 4.69) is 41.2 Å². The minimum atomic E-state index is -0.0813. The fourth-order valence-electron chi connectivity index (χ4n) is 1.89. The van der Waals surface area contributed by atoms with E-state index in [1.165, 1.54) is 5.56 Å². The highest BCUT2D eigenvalue weighted by molar-refractivity contribution is 6.11. The fraction of sp³-hybridized carbons (Fsp3) is 0.188. The van der Waals surface area contributed by atoms with Gasteiger partial charge in [0.25, 0.3) is 0 Å². The Hall–Kier alpha value is -2.40. The molecule has 0 saturated carbocycles. The minimum Gasteiger partial charge on any atom is -0.369 e. The number of benzene rings is 1. The quantitative estimate of drug-likeness (QED) is 0.516. The average Bonchev–Trinajstić information content (AvgIpc) is 2.49. The van der Waals surface area contributed by atoms with Gasteiger partial charge in [0, 0.05) is 11.8 Å². The summed E-state index contributed by atoms with van der Waals surface area (Å²) in [6, 6.07) is 13.8. The van der Waals surface area contributed by atoms with Gasteiger partial charge in [-0.25, -0.2) is 0 Å². The summed E-state index contributed by atoms with van der Waals surface area (Å²) in [7, 11) is 0. The molecule has 1 heterocycles. The van der Waals surface area contributed by atoms with Crippen LogP contribution in [0.2, 0.25) is 0 Å². The molecular weight excluding hydrogens is 298 g/mol. The fourth-order valence-corrected chi connectivity index (χ4v) is 1.89. The average molecular weight is 318 g/mol. The molecule has 0 aliphatic carbocycles. The lowest BCUT2D eigenvalue weighted by Gasteiger charge is -2.08. The first-order valence-corrected chi connectivity index (χ1v) is 6.76. The predicted octanol–water partition coefficient (Wildman–Crippen LogP) is 2.65. The molecule has 1 aromatic heterocycles. The van der Waals surface area contributed by atoms with Gasteiger partial charge in [-0.2, -0.15) is 0 Å². The van der Waals surface area contributed by atoms with Crippen molar-refractivity contribution in [3.8, 4) is 0 Å². The zero-order valence-corrected chi connectivity index (χ0v) is 13.4. The Morgan fingerprint density at radius 1 is 1.00 bits per heavy atom. The molecule has 6 heteroatoms. The van der Waals surface area contributed by atoms with Gasteiger partial charge in [0.2, 0.25) is 5.96 Å². The Morgan fingerprint density at radius 3 is 2.18 bits per heavy atom. The van der Waals surface area contributed by atoms with E-state index in [0.29, 0.717) is 11.6 Å². The van der Waals surface area contributed by atoms with Crippen molar-refractivity contribution in [2.75, 3.05) is 0 Å². The molecule has 0 fully saturated rings. The van der Waals surface area contributed by atoms with Crippen LogP contribution >= 0.6 is 12.4 Å². The maximum atomic E-state index is 5.36. The number of halogens is 1. The highest BCUT2D eigenvalue weighted by atomic mass is 35.5. The van der Waals surface area contributed by atoms with E-state index >= 15 is 0 Å². The molecule has 0 unspecified atom stereocenters. The van der Waals surface area contributed by atoms with Crippen molar-refractivity contribution in [1.29, 1.82) is 0 Å². The van der Waals surface area contributed by atoms with Crippen molar-refractivity contribution >= 4 is 24.1 Å². The van der Waals surface area contributed by atoms with Crippen molar-refractivity contribution in [3.05, 3.63) is 65.5 Å². The number of nitrogens with zero attached hydrogens (tertiary/aromatic N) is 3. The Bertz CT molecular complexity index is 644. The summed E-state index contributed by atoms with van der Waals surface area (Å²) in [4.78, 5) is 4.31. The van der Waals surface area contributed by atoms with Crippen LogP contribution in [0.3, 0.4) is 0 Å². The summed E-state index contributed by atoms with van der Waals surface area (Å²) < 4.78 is 0. The molecular formula is C16H20ClN5. The second-order valence-electron chi connectivity index (χ2n) is 4.97. The number of aromatic nitrogens is 1. The lowest BCUT2D eigenvalue weighted by molar-refractivity contribution is 0.866. The molecule has 4 N–H and O–H groups in total. The number of hydrogen-bond acceptors (Lipinski definition) is 3. The zero-order chi connectivity index (χ0) is 15.2. The molecule has 22 heavy (non-hydrogen) atoms. The van der Waals surface area contributed by atoms with Crippen LogP contribution < -0.4 is 11.5 Å². The molecule has 0 aliphatic heterocycles. The van der Waals surface area contributed by atoms with Crippen molar-refractivity contribution in [1.82, 2.24) is 4.98 Å². The van der Waals surface area contributed by atoms with Crippen LogP contribution in [0.1, 0.15) is 36.6 Å². The van der Waals surface area contributed by atoms with Crippen LogP contribution in [0.25, 0.3) is 0 Å². The summed E-state index contributed by atoms with van der Waals surface area (Å²) in [6.07, 6.45) is 1.71. The van der Waals surface area contributed by atoms with Crippen molar-refractivity contribution in [2.45, 2.75) is 19.8 Å². The Kier molecular flexibility index (Phi) is 6.53. The first-order chi connectivity index (χ1) is 10.1. The third-order valence-electron chi connectivity index (χ3n) is 3.02. The number of guanidine groups is 1. The Morgan fingerprint density at radius 2 is 1.68 bits per heavy atom. The summed E-state index contributed by atoms with van der Waals surface area (Å²) in [5, 5.41) is 7.89. The standard InChI is InChI=1S/C16H19N5.ClH/c1-11(2)12-6-8-13(9-7-12)15(20-21-16(17)18)14-5-3-4-10-19-14;/h3-11H,1-2H3,(H4,17,18,21);1H/b20-15-;. The first kappa shape index (κ1) is 17.7. The highest BCUT2D eigenvalue weighted by Gasteiger charge is 2.09. The molecule has 116 valence electrons.